The van der Waals surface area contributed by atoms with Crippen LogP contribution in [0.3, 0.4) is 0 Å². The quantitative estimate of drug-likeness (QED) is 0.492. The van der Waals surface area contributed by atoms with Gasteiger partial charge >= 0.3 is 5.97 Å². The molecule has 0 atom stereocenters. The molecular weight excluding hydrogens is 504 g/mol. The van der Waals surface area contributed by atoms with Gasteiger partial charge in [0.25, 0.3) is 5.91 Å². The number of carbonyl (C=O) groups excluding carboxylic acids is 4. The lowest BCUT2D eigenvalue weighted by Gasteiger charge is -2.30. The van der Waals surface area contributed by atoms with Crippen molar-refractivity contribution in [3.63, 3.8) is 0 Å². The van der Waals surface area contributed by atoms with Crippen LogP contribution >= 0.6 is 22.9 Å². The summed E-state index contributed by atoms with van der Waals surface area (Å²) < 4.78 is 5.07. The summed E-state index contributed by atoms with van der Waals surface area (Å²) in [7, 11) is 0. The third-order valence-electron chi connectivity index (χ3n) is 5.89. The SMILES string of the molecule is CCOC(=O)C1CCN(C(=O)Cc2csc(NC(=O)CN(C(=O)c3ccc(Cl)cc3)C(C)C)n2)CC1. The summed E-state index contributed by atoms with van der Waals surface area (Å²) in [6, 6.07) is 6.32. The summed E-state index contributed by atoms with van der Waals surface area (Å²) in [6.07, 6.45) is 1.29. The molecule has 0 bridgehead atoms. The average Bonchev–Trinajstić information content (AvgIpc) is 3.29. The number of rotatable bonds is 9. The summed E-state index contributed by atoms with van der Waals surface area (Å²) in [5.74, 6) is -1.07. The number of piperidine rings is 1. The molecule has 1 aliphatic heterocycles. The van der Waals surface area contributed by atoms with Gasteiger partial charge in [0.15, 0.2) is 5.13 Å². The van der Waals surface area contributed by atoms with Crippen LogP contribution in [0.4, 0.5) is 5.13 Å². The number of likely N-dealkylation sites (tertiary alicyclic amines) is 1. The summed E-state index contributed by atoms with van der Waals surface area (Å²) in [4.78, 5) is 57.7. The first kappa shape index (κ1) is 27.6. The maximum atomic E-state index is 12.9. The smallest absolute Gasteiger partial charge is 0.309 e. The predicted octanol–water partition coefficient (Wildman–Crippen LogP) is 3.63. The monoisotopic (exact) mass is 534 g/mol. The maximum absolute atomic E-state index is 12.9. The van der Waals surface area contributed by atoms with E-state index in [0.29, 0.717) is 53.9 Å². The highest BCUT2D eigenvalue weighted by atomic mass is 35.5. The molecule has 9 nitrogen and oxygen atoms in total. The molecule has 0 radical (unpaired) electrons. The number of ether oxygens (including phenoxy) is 1. The van der Waals surface area contributed by atoms with Gasteiger partial charge in [-0.3, -0.25) is 19.2 Å². The summed E-state index contributed by atoms with van der Waals surface area (Å²) in [5.41, 5.74) is 1.01. The molecule has 1 aromatic heterocycles. The Labute approximate surface area is 219 Å². The molecule has 1 saturated heterocycles. The van der Waals surface area contributed by atoms with Gasteiger partial charge in [0.2, 0.25) is 11.8 Å². The molecule has 2 aromatic rings. The minimum absolute atomic E-state index is 0.0694. The Kier molecular flexibility index (Phi) is 9.83. The van der Waals surface area contributed by atoms with Crippen LogP contribution in [0.25, 0.3) is 0 Å². The topological polar surface area (TPSA) is 109 Å². The van der Waals surface area contributed by atoms with Crippen molar-refractivity contribution in [2.24, 2.45) is 5.92 Å². The van der Waals surface area contributed by atoms with Crippen molar-refractivity contribution in [2.75, 3.05) is 31.6 Å². The predicted molar refractivity (Wildman–Crippen MR) is 138 cm³/mol. The normalized spacial score (nSPS) is 14.0. The van der Waals surface area contributed by atoms with Crippen LogP contribution in [0, 0.1) is 5.92 Å². The van der Waals surface area contributed by atoms with Crippen molar-refractivity contribution in [2.45, 2.75) is 46.1 Å². The Balaban J connectivity index is 1.51. The van der Waals surface area contributed by atoms with E-state index in [4.69, 9.17) is 16.3 Å². The molecule has 0 aliphatic carbocycles. The Morgan fingerprint density at radius 2 is 1.86 bits per heavy atom. The van der Waals surface area contributed by atoms with Crippen LogP contribution in [-0.4, -0.2) is 70.8 Å². The van der Waals surface area contributed by atoms with Crippen molar-refractivity contribution < 1.29 is 23.9 Å². The largest absolute Gasteiger partial charge is 0.466 e. The van der Waals surface area contributed by atoms with Crippen molar-refractivity contribution in [1.82, 2.24) is 14.8 Å². The minimum atomic E-state index is -0.376. The number of hydrogen-bond acceptors (Lipinski definition) is 7. The fourth-order valence-corrected chi connectivity index (χ4v) is 4.75. The van der Waals surface area contributed by atoms with Gasteiger partial charge in [0, 0.05) is 35.1 Å². The Bertz CT molecular complexity index is 1080. The molecule has 3 rings (SSSR count). The van der Waals surface area contributed by atoms with Crippen molar-refractivity contribution in [1.29, 1.82) is 0 Å². The standard InChI is InChI=1S/C25H31ClN4O5S/c1-4-35-24(34)18-9-11-29(12-10-18)22(32)13-20-15-36-25(27-20)28-21(31)14-30(16(2)3)23(33)17-5-7-19(26)8-6-17/h5-8,15-16,18H,4,9-14H2,1-3H3,(H,27,28,31). The zero-order valence-corrected chi connectivity index (χ0v) is 22.2. The highest BCUT2D eigenvalue weighted by Crippen LogP contribution is 2.21. The van der Waals surface area contributed by atoms with Crippen LogP contribution in [0.5, 0.6) is 0 Å². The molecule has 0 saturated carbocycles. The fraction of sp³-hybridized carbons (Fsp3) is 0.480. The second-order valence-corrected chi connectivity index (χ2v) is 10.1. The number of anilines is 1. The van der Waals surface area contributed by atoms with Crippen molar-refractivity contribution in [3.05, 3.63) is 45.9 Å². The number of carbonyl (C=O) groups is 4. The van der Waals surface area contributed by atoms with Crippen LogP contribution in [0.2, 0.25) is 5.02 Å². The number of benzene rings is 1. The van der Waals surface area contributed by atoms with E-state index >= 15 is 0 Å². The summed E-state index contributed by atoms with van der Waals surface area (Å²) in [6.45, 7) is 6.68. The Morgan fingerprint density at radius 3 is 2.47 bits per heavy atom. The lowest BCUT2D eigenvalue weighted by atomic mass is 9.97. The van der Waals surface area contributed by atoms with Gasteiger partial charge in [0.05, 0.1) is 24.6 Å². The molecular formula is C25H31ClN4O5S. The zero-order chi connectivity index (χ0) is 26.2. The van der Waals surface area contributed by atoms with E-state index in [2.05, 4.69) is 10.3 Å². The number of halogens is 1. The van der Waals surface area contributed by atoms with Crippen LogP contribution in [-0.2, 0) is 25.5 Å². The van der Waals surface area contributed by atoms with Crippen LogP contribution < -0.4 is 5.32 Å². The molecule has 1 aromatic carbocycles. The van der Waals surface area contributed by atoms with Crippen molar-refractivity contribution in [3.8, 4) is 0 Å². The number of thiazole rings is 1. The lowest BCUT2D eigenvalue weighted by Crippen LogP contribution is -2.42. The number of nitrogens with zero attached hydrogens (tertiary/aromatic N) is 3. The fourth-order valence-electron chi connectivity index (χ4n) is 3.90. The second-order valence-electron chi connectivity index (χ2n) is 8.81. The van der Waals surface area contributed by atoms with Crippen LogP contribution in [0.15, 0.2) is 29.6 Å². The molecule has 0 spiro atoms. The number of nitrogens with one attached hydrogen (secondary N) is 1. The molecule has 1 N–H and O–H groups in total. The van der Waals surface area contributed by atoms with E-state index in [0.717, 1.165) is 0 Å². The van der Waals surface area contributed by atoms with E-state index < -0.39 is 0 Å². The third-order valence-corrected chi connectivity index (χ3v) is 6.95. The van der Waals surface area contributed by atoms with Crippen LogP contribution in [0.1, 0.15) is 49.7 Å². The first-order chi connectivity index (χ1) is 17.2. The minimum Gasteiger partial charge on any atom is -0.466 e. The molecule has 3 amide bonds. The highest BCUT2D eigenvalue weighted by molar-refractivity contribution is 7.13. The maximum Gasteiger partial charge on any atom is 0.309 e. The highest BCUT2D eigenvalue weighted by Gasteiger charge is 2.28. The van der Waals surface area contributed by atoms with Crippen molar-refractivity contribution >= 4 is 51.8 Å². The number of aromatic nitrogens is 1. The lowest BCUT2D eigenvalue weighted by molar-refractivity contribution is -0.151. The molecule has 2 heterocycles. The second kappa shape index (κ2) is 12.8. The third kappa shape index (κ3) is 7.51. The Hall–Kier alpha value is -2.98. The summed E-state index contributed by atoms with van der Waals surface area (Å²) >= 11 is 7.13. The number of amides is 3. The van der Waals surface area contributed by atoms with E-state index in [1.165, 1.54) is 16.2 Å². The summed E-state index contributed by atoms with van der Waals surface area (Å²) in [5, 5.41) is 5.35. The van der Waals surface area contributed by atoms with Gasteiger partial charge in [-0.25, -0.2) is 4.98 Å². The average molecular weight is 535 g/mol. The number of esters is 1. The molecule has 1 aliphatic rings. The molecule has 1 fully saturated rings. The van der Waals surface area contributed by atoms with Gasteiger partial charge in [-0.05, 0) is 57.9 Å². The van der Waals surface area contributed by atoms with Gasteiger partial charge < -0.3 is 19.9 Å². The molecule has 194 valence electrons. The molecule has 11 heteroatoms. The molecule has 36 heavy (non-hydrogen) atoms. The van der Waals surface area contributed by atoms with E-state index in [1.54, 1.807) is 41.5 Å². The zero-order valence-electron chi connectivity index (χ0n) is 20.7. The molecule has 0 unspecified atom stereocenters. The Morgan fingerprint density at radius 1 is 1.19 bits per heavy atom. The van der Waals surface area contributed by atoms with E-state index in [-0.39, 0.29) is 48.6 Å². The van der Waals surface area contributed by atoms with E-state index in [1.807, 2.05) is 13.8 Å². The van der Waals surface area contributed by atoms with Gasteiger partial charge in [0.1, 0.15) is 6.54 Å². The van der Waals surface area contributed by atoms with E-state index in [9.17, 15) is 19.2 Å². The van der Waals surface area contributed by atoms with Gasteiger partial charge in [-0.1, -0.05) is 11.6 Å². The number of hydrogen-bond donors (Lipinski definition) is 1. The van der Waals surface area contributed by atoms with Gasteiger partial charge in [-0.15, -0.1) is 11.3 Å². The first-order valence-electron chi connectivity index (χ1n) is 11.9. The van der Waals surface area contributed by atoms with Gasteiger partial charge in [-0.2, -0.15) is 0 Å². The first-order valence-corrected chi connectivity index (χ1v) is 13.2.